The Kier molecular flexibility index (Phi) is 7.76. The fourth-order valence-corrected chi connectivity index (χ4v) is 3.18. The minimum Gasteiger partial charge on any atom is -0.489 e. The van der Waals surface area contributed by atoms with Crippen LogP contribution in [0.15, 0.2) is 78.4 Å². The highest BCUT2D eigenvalue weighted by Gasteiger charge is 2.35. The number of ether oxygens (including phenoxy) is 2. The molecule has 0 amide bonds. The summed E-state index contributed by atoms with van der Waals surface area (Å²) in [5.74, 6) is 0.299. The van der Waals surface area contributed by atoms with E-state index in [-0.39, 0.29) is 11.6 Å². The molecule has 5 nitrogen and oxygen atoms in total. The summed E-state index contributed by atoms with van der Waals surface area (Å²) < 4.78 is 25.0. The predicted octanol–water partition coefficient (Wildman–Crippen LogP) is 3.80. The van der Waals surface area contributed by atoms with Crippen molar-refractivity contribution in [2.75, 3.05) is 19.8 Å². The Morgan fingerprint density at radius 2 is 1.81 bits per heavy atom. The third-order valence-corrected chi connectivity index (χ3v) is 4.99. The first-order valence-corrected chi connectivity index (χ1v) is 10.0. The Balaban J connectivity index is 1.84. The lowest BCUT2D eigenvalue weighted by Crippen LogP contribution is -2.45. The van der Waals surface area contributed by atoms with Gasteiger partial charge < -0.3 is 19.7 Å². The largest absolute Gasteiger partial charge is 0.489 e. The molecule has 0 saturated carbocycles. The van der Waals surface area contributed by atoms with Crippen molar-refractivity contribution in [1.82, 2.24) is 0 Å². The third kappa shape index (κ3) is 5.69. The normalized spacial score (nSPS) is 13.5. The Bertz CT molecular complexity index is 972. The summed E-state index contributed by atoms with van der Waals surface area (Å²) in [6.45, 7) is -0.666. The van der Waals surface area contributed by atoms with Crippen LogP contribution >= 0.6 is 0 Å². The Morgan fingerprint density at radius 1 is 1.03 bits per heavy atom. The number of aliphatic hydroxyl groups excluding tert-OH is 2. The van der Waals surface area contributed by atoms with Gasteiger partial charge in [0.05, 0.1) is 19.8 Å². The van der Waals surface area contributed by atoms with E-state index >= 15 is 0 Å². The van der Waals surface area contributed by atoms with Crippen molar-refractivity contribution in [1.29, 1.82) is 0 Å². The molecule has 0 bridgehead atoms. The number of benzene rings is 2. The van der Waals surface area contributed by atoms with Crippen LogP contribution < -0.4 is 9.47 Å². The fourth-order valence-electron chi connectivity index (χ4n) is 3.18. The van der Waals surface area contributed by atoms with E-state index in [1.54, 1.807) is 36.4 Å². The van der Waals surface area contributed by atoms with Gasteiger partial charge in [-0.25, -0.2) is 4.39 Å². The van der Waals surface area contributed by atoms with E-state index in [9.17, 15) is 19.4 Å². The highest BCUT2D eigenvalue weighted by Crippen LogP contribution is 2.34. The summed E-state index contributed by atoms with van der Waals surface area (Å²) in [5.41, 5.74) is 0.465. The summed E-state index contributed by atoms with van der Waals surface area (Å²) >= 11 is 0. The molecule has 0 aliphatic heterocycles. The predicted molar refractivity (Wildman–Crippen MR) is 116 cm³/mol. The number of aldehydes is 1. The van der Waals surface area contributed by atoms with Gasteiger partial charge in [0.1, 0.15) is 12.1 Å². The average molecular weight is 424 g/mol. The molecule has 0 saturated heterocycles. The summed E-state index contributed by atoms with van der Waals surface area (Å²) in [4.78, 5) is 11.3. The zero-order chi connectivity index (χ0) is 22.1. The zero-order valence-corrected chi connectivity index (χ0v) is 17.0. The molecule has 162 valence electrons. The third-order valence-electron chi connectivity index (χ3n) is 4.99. The first kappa shape index (κ1) is 22.5. The molecule has 2 aromatic carbocycles. The summed E-state index contributed by atoms with van der Waals surface area (Å²) in [7, 11) is 0. The maximum atomic E-state index is 13.1. The number of aliphatic hydroxyl groups is 2. The van der Waals surface area contributed by atoms with Gasteiger partial charge in [-0.3, -0.25) is 4.79 Å². The first-order chi connectivity index (χ1) is 15.1. The molecule has 3 rings (SSSR count). The van der Waals surface area contributed by atoms with Crippen molar-refractivity contribution >= 4 is 6.29 Å². The molecule has 0 spiro atoms. The average Bonchev–Trinajstić information content (AvgIpc) is 3.09. The molecule has 2 aromatic rings. The van der Waals surface area contributed by atoms with E-state index in [1.165, 1.54) is 18.2 Å². The van der Waals surface area contributed by atoms with E-state index in [1.807, 2.05) is 18.2 Å². The van der Waals surface area contributed by atoms with Gasteiger partial charge in [0.15, 0.2) is 17.1 Å². The molecule has 0 aromatic heterocycles. The quantitative estimate of drug-likeness (QED) is 0.568. The van der Waals surface area contributed by atoms with Crippen LogP contribution in [-0.2, 0) is 6.42 Å². The van der Waals surface area contributed by atoms with Crippen LogP contribution in [0, 0.1) is 5.82 Å². The molecule has 0 unspecified atom stereocenters. The van der Waals surface area contributed by atoms with E-state index in [4.69, 9.17) is 9.47 Å². The Morgan fingerprint density at radius 3 is 2.52 bits per heavy atom. The Labute approximate surface area is 180 Å². The van der Waals surface area contributed by atoms with E-state index < -0.39 is 18.8 Å². The molecule has 31 heavy (non-hydrogen) atoms. The van der Waals surface area contributed by atoms with Gasteiger partial charge in [-0.15, -0.1) is 0 Å². The van der Waals surface area contributed by atoms with Gasteiger partial charge in [0.25, 0.3) is 0 Å². The number of hydrogen-bond acceptors (Lipinski definition) is 5. The minimum absolute atomic E-state index is 0.231. The Hall–Kier alpha value is -3.22. The van der Waals surface area contributed by atoms with Crippen LogP contribution in [0.3, 0.4) is 0 Å². The molecule has 0 fully saturated rings. The van der Waals surface area contributed by atoms with Crippen molar-refractivity contribution in [2.45, 2.75) is 18.4 Å². The van der Waals surface area contributed by atoms with Gasteiger partial charge in [-0.05, 0) is 47.9 Å². The lowest BCUT2D eigenvalue weighted by Gasteiger charge is -2.33. The number of carbonyl (C=O) groups is 1. The van der Waals surface area contributed by atoms with Crippen LogP contribution in [0.4, 0.5) is 4.39 Å². The molecule has 0 atom stereocenters. The van der Waals surface area contributed by atoms with Crippen LogP contribution in [-0.4, -0.2) is 41.9 Å². The maximum absolute atomic E-state index is 13.1. The smallest absolute Gasteiger partial charge is 0.180 e. The van der Waals surface area contributed by atoms with Crippen molar-refractivity contribution in [3.8, 4) is 11.5 Å². The highest BCUT2D eigenvalue weighted by atomic mass is 19.1. The van der Waals surface area contributed by atoms with Crippen molar-refractivity contribution in [3.05, 3.63) is 95.4 Å². The molecule has 2 N–H and O–H groups in total. The van der Waals surface area contributed by atoms with Crippen molar-refractivity contribution < 1.29 is 28.9 Å². The maximum Gasteiger partial charge on any atom is 0.180 e. The number of carbonyl (C=O) groups excluding carboxylic acids is 1. The van der Waals surface area contributed by atoms with E-state index in [0.29, 0.717) is 36.2 Å². The lowest BCUT2D eigenvalue weighted by molar-refractivity contribution is -0.00507. The van der Waals surface area contributed by atoms with E-state index in [0.717, 1.165) is 12.0 Å². The molecule has 1 aliphatic carbocycles. The fraction of sp³-hybridized carbons (Fsp3) is 0.240. The molecular formula is C25H25FO5. The lowest BCUT2D eigenvalue weighted by atomic mass is 9.94. The first-order valence-electron chi connectivity index (χ1n) is 10.0. The van der Waals surface area contributed by atoms with Crippen LogP contribution in [0.2, 0.25) is 0 Å². The molecule has 6 heteroatoms. The number of rotatable bonds is 10. The van der Waals surface area contributed by atoms with Gasteiger partial charge in [0.2, 0.25) is 0 Å². The number of hydrogen-bond donors (Lipinski definition) is 2. The monoisotopic (exact) mass is 424 g/mol. The summed E-state index contributed by atoms with van der Waals surface area (Å²) in [6.07, 6.45) is 11.2. The number of halogens is 1. The van der Waals surface area contributed by atoms with E-state index in [2.05, 4.69) is 0 Å². The SMILES string of the molecule is O=Cc1ccc(OCCc2ccc(F)cc2)c(OC(CO)(CO)C2=CC=CCC=C2)c1. The standard InChI is InChI=1S/C25H25FO5/c26-22-10-7-19(8-11-22)13-14-30-23-12-9-20(16-27)15-24(23)31-25(17-28,18-29)21-5-3-1-2-4-6-21/h1,3-12,15-16,28-29H,2,13-14,17-18H2. The van der Waals surface area contributed by atoms with Gasteiger partial charge in [-0.1, -0.05) is 42.5 Å². The van der Waals surface area contributed by atoms with Gasteiger partial charge >= 0.3 is 0 Å². The second-order valence-corrected chi connectivity index (χ2v) is 7.15. The van der Waals surface area contributed by atoms with Crippen LogP contribution in [0.1, 0.15) is 22.3 Å². The highest BCUT2D eigenvalue weighted by molar-refractivity contribution is 5.76. The van der Waals surface area contributed by atoms with Crippen LogP contribution in [0.5, 0.6) is 11.5 Å². The second-order valence-electron chi connectivity index (χ2n) is 7.15. The minimum atomic E-state index is -1.41. The topological polar surface area (TPSA) is 76.0 Å². The van der Waals surface area contributed by atoms with Crippen molar-refractivity contribution in [2.24, 2.45) is 0 Å². The molecule has 1 aliphatic rings. The zero-order valence-electron chi connectivity index (χ0n) is 17.0. The van der Waals surface area contributed by atoms with Gasteiger partial charge in [-0.2, -0.15) is 0 Å². The second kappa shape index (κ2) is 10.7. The summed E-state index contributed by atoms with van der Waals surface area (Å²) in [5, 5.41) is 20.2. The van der Waals surface area contributed by atoms with Crippen molar-refractivity contribution in [3.63, 3.8) is 0 Å². The molecular weight excluding hydrogens is 399 g/mol. The summed E-state index contributed by atoms with van der Waals surface area (Å²) in [6, 6.07) is 10.9. The van der Waals surface area contributed by atoms with Crippen LogP contribution in [0.25, 0.3) is 0 Å². The molecule has 0 heterocycles. The molecule has 0 radical (unpaired) electrons. The number of allylic oxidation sites excluding steroid dienone is 4. The van der Waals surface area contributed by atoms with Gasteiger partial charge in [0, 0.05) is 12.0 Å².